The number of carbonyl (C=O) groups is 1. The summed E-state index contributed by atoms with van der Waals surface area (Å²) in [5.74, 6) is 0.226. The molecule has 0 saturated heterocycles. The summed E-state index contributed by atoms with van der Waals surface area (Å²) >= 11 is 0. The van der Waals surface area contributed by atoms with Gasteiger partial charge in [0.25, 0.3) is 5.91 Å². The number of amides is 1. The molecule has 2 heterocycles. The number of benzene rings is 1. The van der Waals surface area contributed by atoms with E-state index in [-0.39, 0.29) is 17.8 Å². The fraction of sp³-hybridized carbons (Fsp3) is 0.333. The number of anilines is 1. The second kappa shape index (κ2) is 7.62. The van der Waals surface area contributed by atoms with Crippen LogP contribution in [0.1, 0.15) is 28.2 Å². The van der Waals surface area contributed by atoms with Gasteiger partial charge in [-0.3, -0.25) is 9.48 Å². The van der Waals surface area contributed by atoms with E-state index in [9.17, 15) is 9.18 Å². The third kappa shape index (κ3) is 3.96. The Morgan fingerprint density at radius 3 is 2.76 bits per heavy atom. The summed E-state index contributed by atoms with van der Waals surface area (Å²) in [6, 6.07) is 7.82. The lowest BCUT2D eigenvalue weighted by atomic mass is 9.93. The Bertz CT molecular complexity index is 1040. The summed E-state index contributed by atoms with van der Waals surface area (Å²) in [5, 5.41) is 7.50. The Hall–Kier alpha value is -3.29. The van der Waals surface area contributed by atoms with Gasteiger partial charge in [-0.25, -0.2) is 14.4 Å². The van der Waals surface area contributed by atoms with Crippen LogP contribution in [0.4, 0.5) is 10.3 Å². The molecule has 2 aromatic heterocycles. The molecule has 1 atom stereocenters. The van der Waals surface area contributed by atoms with Crippen molar-refractivity contribution >= 4 is 11.9 Å². The standard InChI is InChI=1S/C21H23FN6O/c1-27(2)21-23-12-14-10-16(8-9-17(14)25-21)24-20(29)19-11-18(26-28(19)3)13-4-6-15(22)7-5-13/h4-7,11-12,16H,8-10H2,1-3H3,(H,24,29). The number of nitrogens with zero attached hydrogens (tertiary/aromatic N) is 5. The Morgan fingerprint density at radius 2 is 2.03 bits per heavy atom. The summed E-state index contributed by atoms with van der Waals surface area (Å²) in [4.78, 5) is 23.7. The molecule has 1 aliphatic rings. The fourth-order valence-electron chi connectivity index (χ4n) is 3.54. The monoisotopic (exact) mass is 394 g/mol. The van der Waals surface area contributed by atoms with E-state index in [0.29, 0.717) is 23.8 Å². The van der Waals surface area contributed by atoms with Crippen molar-refractivity contribution in [2.45, 2.75) is 25.3 Å². The van der Waals surface area contributed by atoms with Crippen molar-refractivity contribution in [1.82, 2.24) is 25.1 Å². The Labute approximate surface area is 168 Å². The molecule has 1 aliphatic carbocycles. The van der Waals surface area contributed by atoms with Crippen molar-refractivity contribution in [2.75, 3.05) is 19.0 Å². The van der Waals surface area contributed by atoms with Crippen molar-refractivity contribution in [2.24, 2.45) is 7.05 Å². The average Bonchev–Trinajstić information content (AvgIpc) is 3.09. The van der Waals surface area contributed by atoms with Crippen LogP contribution in [-0.2, 0) is 19.9 Å². The molecule has 8 heteroatoms. The summed E-state index contributed by atoms with van der Waals surface area (Å²) in [5.41, 5.74) is 3.99. The van der Waals surface area contributed by atoms with Gasteiger partial charge in [-0.2, -0.15) is 5.10 Å². The van der Waals surface area contributed by atoms with Crippen LogP contribution in [0.25, 0.3) is 11.3 Å². The number of nitrogens with one attached hydrogen (secondary N) is 1. The predicted molar refractivity (Wildman–Crippen MR) is 108 cm³/mol. The van der Waals surface area contributed by atoms with Crippen molar-refractivity contribution in [3.8, 4) is 11.3 Å². The second-order valence-electron chi connectivity index (χ2n) is 7.49. The van der Waals surface area contributed by atoms with Crippen molar-refractivity contribution in [1.29, 1.82) is 0 Å². The minimum Gasteiger partial charge on any atom is -0.348 e. The van der Waals surface area contributed by atoms with Crippen LogP contribution in [0, 0.1) is 5.82 Å². The van der Waals surface area contributed by atoms with Gasteiger partial charge in [0.1, 0.15) is 11.5 Å². The van der Waals surface area contributed by atoms with Crippen LogP contribution in [0.2, 0.25) is 0 Å². The highest BCUT2D eigenvalue weighted by molar-refractivity contribution is 5.94. The van der Waals surface area contributed by atoms with Crippen LogP contribution in [0.15, 0.2) is 36.5 Å². The molecular formula is C21H23FN6O. The third-order valence-corrected chi connectivity index (χ3v) is 5.13. The molecule has 29 heavy (non-hydrogen) atoms. The average molecular weight is 394 g/mol. The maximum absolute atomic E-state index is 13.1. The van der Waals surface area contributed by atoms with Crippen molar-refractivity contribution in [3.05, 3.63) is 59.3 Å². The number of rotatable bonds is 4. The van der Waals surface area contributed by atoms with E-state index in [2.05, 4.69) is 20.4 Å². The summed E-state index contributed by atoms with van der Waals surface area (Å²) in [6.07, 6.45) is 4.19. The van der Waals surface area contributed by atoms with Crippen LogP contribution < -0.4 is 10.2 Å². The highest BCUT2D eigenvalue weighted by atomic mass is 19.1. The number of aryl methyl sites for hydroxylation is 2. The molecule has 3 aromatic rings. The summed E-state index contributed by atoms with van der Waals surface area (Å²) < 4.78 is 14.7. The molecule has 0 saturated carbocycles. The number of aromatic nitrogens is 4. The normalized spacial score (nSPS) is 15.7. The molecular weight excluding hydrogens is 371 g/mol. The molecule has 0 spiro atoms. The van der Waals surface area contributed by atoms with Gasteiger partial charge in [0.15, 0.2) is 0 Å². The molecule has 0 aliphatic heterocycles. The zero-order valence-electron chi connectivity index (χ0n) is 16.7. The van der Waals surface area contributed by atoms with Crippen LogP contribution >= 0.6 is 0 Å². The SMILES string of the molecule is CN(C)c1ncc2c(n1)CCC(NC(=O)c1cc(-c3ccc(F)cc3)nn1C)C2. The van der Waals surface area contributed by atoms with Crippen molar-refractivity contribution in [3.63, 3.8) is 0 Å². The number of hydrogen-bond donors (Lipinski definition) is 1. The third-order valence-electron chi connectivity index (χ3n) is 5.13. The van der Waals surface area contributed by atoms with E-state index in [1.165, 1.54) is 12.1 Å². The maximum Gasteiger partial charge on any atom is 0.269 e. The minimum absolute atomic E-state index is 0.0213. The topological polar surface area (TPSA) is 75.9 Å². The van der Waals surface area contributed by atoms with Gasteiger partial charge in [0, 0.05) is 44.6 Å². The Kier molecular flexibility index (Phi) is 5.00. The van der Waals surface area contributed by atoms with Gasteiger partial charge in [-0.15, -0.1) is 0 Å². The molecule has 1 unspecified atom stereocenters. The molecule has 150 valence electrons. The Morgan fingerprint density at radius 1 is 1.28 bits per heavy atom. The Balaban J connectivity index is 1.47. The maximum atomic E-state index is 13.1. The fourth-order valence-corrected chi connectivity index (χ4v) is 3.54. The van der Waals surface area contributed by atoms with E-state index >= 15 is 0 Å². The van der Waals surface area contributed by atoms with E-state index in [1.807, 2.05) is 25.2 Å². The quantitative estimate of drug-likeness (QED) is 0.735. The summed E-state index contributed by atoms with van der Waals surface area (Å²) in [6.45, 7) is 0. The molecule has 0 fully saturated rings. The molecule has 7 nitrogen and oxygen atoms in total. The summed E-state index contributed by atoms with van der Waals surface area (Å²) in [7, 11) is 5.57. The molecule has 1 N–H and O–H groups in total. The van der Waals surface area contributed by atoms with Crippen LogP contribution in [-0.4, -0.2) is 45.8 Å². The lowest BCUT2D eigenvalue weighted by molar-refractivity contribution is 0.0924. The van der Waals surface area contributed by atoms with E-state index in [1.54, 1.807) is 29.9 Å². The highest BCUT2D eigenvalue weighted by Crippen LogP contribution is 2.22. The zero-order chi connectivity index (χ0) is 20.5. The molecule has 0 bridgehead atoms. The number of hydrogen-bond acceptors (Lipinski definition) is 5. The van der Waals surface area contributed by atoms with Crippen molar-refractivity contribution < 1.29 is 9.18 Å². The molecule has 4 rings (SSSR count). The number of fused-ring (bicyclic) bond motifs is 1. The van der Waals surface area contributed by atoms with E-state index in [0.717, 1.165) is 29.7 Å². The largest absolute Gasteiger partial charge is 0.348 e. The predicted octanol–water partition coefficient (Wildman–Crippen LogP) is 2.37. The number of halogens is 1. The first-order valence-corrected chi connectivity index (χ1v) is 9.53. The molecule has 0 radical (unpaired) electrons. The van der Waals surface area contributed by atoms with E-state index in [4.69, 9.17) is 0 Å². The second-order valence-corrected chi connectivity index (χ2v) is 7.49. The smallest absolute Gasteiger partial charge is 0.269 e. The zero-order valence-corrected chi connectivity index (χ0v) is 16.7. The lowest BCUT2D eigenvalue weighted by Crippen LogP contribution is -2.40. The van der Waals surface area contributed by atoms with Gasteiger partial charge in [0.2, 0.25) is 5.95 Å². The first-order chi connectivity index (χ1) is 13.9. The van der Waals surface area contributed by atoms with E-state index < -0.39 is 0 Å². The van der Waals surface area contributed by atoms with Gasteiger partial charge >= 0.3 is 0 Å². The highest BCUT2D eigenvalue weighted by Gasteiger charge is 2.24. The molecule has 1 aromatic carbocycles. The number of carbonyl (C=O) groups excluding carboxylic acids is 1. The first kappa shape index (κ1) is 19.0. The van der Waals surface area contributed by atoms with Crippen LogP contribution in [0.5, 0.6) is 0 Å². The van der Waals surface area contributed by atoms with Gasteiger partial charge in [0.05, 0.1) is 5.69 Å². The van der Waals surface area contributed by atoms with Gasteiger partial charge < -0.3 is 10.2 Å². The molecule has 1 amide bonds. The van der Waals surface area contributed by atoms with Gasteiger partial charge in [-0.1, -0.05) is 0 Å². The van der Waals surface area contributed by atoms with Crippen LogP contribution in [0.3, 0.4) is 0 Å². The van der Waals surface area contributed by atoms with Gasteiger partial charge in [-0.05, 0) is 55.2 Å². The first-order valence-electron chi connectivity index (χ1n) is 9.53. The minimum atomic E-state index is -0.304. The lowest BCUT2D eigenvalue weighted by Gasteiger charge is -2.25.